The first-order valence-corrected chi connectivity index (χ1v) is 21.6. The van der Waals surface area contributed by atoms with Crippen LogP contribution in [0.4, 0.5) is 17.3 Å². The molecule has 0 spiro atoms. The number of benzene rings is 6. The van der Waals surface area contributed by atoms with Crippen LogP contribution in [-0.2, 0) is 25.1 Å². The monoisotopic (exact) mass is 890 g/mol. The second kappa shape index (κ2) is 28.0. The lowest BCUT2D eigenvalue weighted by Crippen LogP contribution is -2.16. The molecule has 6 rings (SSSR count). The van der Waals surface area contributed by atoms with Gasteiger partial charge < -0.3 is 59.9 Å². The van der Waals surface area contributed by atoms with E-state index in [-0.39, 0.29) is 0 Å². The maximum atomic E-state index is 9.75. The van der Waals surface area contributed by atoms with Crippen molar-refractivity contribution in [1.82, 2.24) is 0 Å². The van der Waals surface area contributed by atoms with Crippen LogP contribution in [0.5, 0.6) is 34.5 Å². The van der Waals surface area contributed by atoms with Gasteiger partial charge in [-0.2, -0.15) is 0 Å². The summed E-state index contributed by atoms with van der Waals surface area (Å²) in [4.78, 5) is 2.97. The first kappa shape index (κ1) is 48.2. The average Bonchev–Trinajstić information content (AvgIpc) is 3.30. The second-order valence-electron chi connectivity index (χ2n) is 13.0. The van der Waals surface area contributed by atoms with E-state index in [0.29, 0.717) is 79.3 Å². The highest BCUT2D eigenvalue weighted by molar-refractivity contribution is 7.97. The summed E-state index contributed by atoms with van der Waals surface area (Å²) in [7, 11) is -6.70. The number of hydrogen-bond acceptors (Lipinski definition) is 9. The van der Waals surface area contributed by atoms with Crippen LogP contribution in [0.1, 0.15) is 0 Å². The molecular weight excluding hydrogens is 839 g/mol. The topological polar surface area (TPSA) is 83.1 Å². The van der Waals surface area contributed by atoms with Crippen molar-refractivity contribution in [2.24, 2.45) is 0 Å². The lowest BCUT2D eigenvalue weighted by Gasteiger charge is -2.17. The van der Waals surface area contributed by atoms with Gasteiger partial charge in [-0.15, -0.1) is 0 Å². The summed E-state index contributed by atoms with van der Waals surface area (Å²) >= 11 is 0. The van der Waals surface area contributed by atoms with E-state index in [2.05, 4.69) is 18.2 Å². The molecule has 0 aromatic heterocycles. The number of rotatable bonds is 27. The Morgan fingerprint density at radius 3 is 0.778 bits per heavy atom. The molecule has 63 heavy (non-hydrogen) atoms. The average molecular weight is 891 g/mol. The van der Waals surface area contributed by atoms with E-state index in [4.69, 9.17) is 42.6 Å². The summed E-state index contributed by atoms with van der Waals surface area (Å²) in [6.07, 6.45) is 0. The molecule has 6 aromatic rings. The van der Waals surface area contributed by atoms with Gasteiger partial charge in [-0.1, -0.05) is 91.0 Å². The third-order valence-electron chi connectivity index (χ3n) is 8.38. The molecule has 0 N–H and O–H groups in total. The van der Waals surface area contributed by atoms with Crippen LogP contribution in [0.3, 0.4) is 0 Å². The second-order valence-corrected chi connectivity index (χ2v) is 14.9. The molecule has 6 aromatic carbocycles. The SMILES string of the molecule is F[B-](F)(F)F.c1ccc(OCCOCCOc2ccccc2[S+](c2ccccc2OCCOCCOc2ccccc2)c2ccccc2OCCOCCOc2ccccc2)cc1. The minimum atomic E-state index is -6.00. The predicted octanol–water partition coefficient (Wildman–Crippen LogP) is 10.5. The molecule has 0 saturated heterocycles. The van der Waals surface area contributed by atoms with Gasteiger partial charge in [-0.25, -0.2) is 0 Å². The molecule has 0 unspecified atom stereocenters. The zero-order valence-corrected chi connectivity index (χ0v) is 35.6. The van der Waals surface area contributed by atoms with E-state index in [9.17, 15) is 17.3 Å². The maximum absolute atomic E-state index is 9.75. The van der Waals surface area contributed by atoms with E-state index < -0.39 is 18.1 Å². The van der Waals surface area contributed by atoms with Crippen molar-refractivity contribution < 1.29 is 59.9 Å². The van der Waals surface area contributed by atoms with E-state index in [1.807, 2.05) is 146 Å². The van der Waals surface area contributed by atoms with Crippen LogP contribution >= 0.6 is 0 Å². The Labute approximate surface area is 369 Å². The van der Waals surface area contributed by atoms with Crippen molar-refractivity contribution in [2.45, 2.75) is 14.7 Å². The standard InChI is InChI=1S/C48H51O9S.BF4/c1-4-16-40(17-5-1)52-34-28-49-31-37-55-43-22-10-13-25-46(43)58(47-26-14-11-23-44(47)56-38-32-50-29-35-53-41-18-6-2-7-19-41)48-27-15-12-24-45(48)57-39-33-51-30-36-54-42-20-8-3-9-21-42;2-1(3,4)5/h1-27H,28-39H2;/q+1;-1. The predicted molar refractivity (Wildman–Crippen MR) is 236 cm³/mol. The van der Waals surface area contributed by atoms with Crippen LogP contribution in [0, 0.1) is 0 Å². The molecule has 0 bridgehead atoms. The number of hydrogen-bond donors (Lipinski definition) is 0. The van der Waals surface area contributed by atoms with Crippen LogP contribution in [0.15, 0.2) is 178 Å². The molecule has 15 heteroatoms. The third kappa shape index (κ3) is 19.0. The van der Waals surface area contributed by atoms with Crippen LogP contribution in [0.25, 0.3) is 0 Å². The largest absolute Gasteiger partial charge is 0.673 e. The van der Waals surface area contributed by atoms with E-state index >= 15 is 0 Å². The zero-order chi connectivity index (χ0) is 44.2. The molecule has 0 radical (unpaired) electrons. The minimum absolute atomic E-state index is 0.368. The number of para-hydroxylation sites is 6. The number of halogens is 4. The van der Waals surface area contributed by atoms with Gasteiger partial charge in [0.1, 0.15) is 67.8 Å². The molecular formula is C48H51BF4O9S. The van der Waals surface area contributed by atoms with Gasteiger partial charge >= 0.3 is 7.25 Å². The first-order valence-electron chi connectivity index (χ1n) is 20.4. The molecule has 9 nitrogen and oxygen atoms in total. The van der Waals surface area contributed by atoms with Crippen molar-refractivity contribution in [2.75, 3.05) is 79.3 Å². The van der Waals surface area contributed by atoms with Crippen molar-refractivity contribution in [3.8, 4) is 34.5 Å². The van der Waals surface area contributed by atoms with E-state index in [1.165, 1.54) is 0 Å². The minimum Gasteiger partial charge on any atom is -0.491 e. The summed E-state index contributed by atoms with van der Waals surface area (Å²) in [6.45, 7) is 5.05. The molecule has 334 valence electrons. The fraction of sp³-hybridized carbons (Fsp3) is 0.250. The Bertz CT molecular complexity index is 1890. The Balaban J connectivity index is 0.00000141. The molecule has 0 amide bonds. The molecule has 0 aliphatic carbocycles. The fourth-order valence-corrected chi connectivity index (χ4v) is 8.05. The van der Waals surface area contributed by atoms with Crippen LogP contribution < -0.4 is 28.4 Å². The highest BCUT2D eigenvalue weighted by Crippen LogP contribution is 2.43. The Morgan fingerprint density at radius 1 is 0.286 bits per heavy atom. The van der Waals surface area contributed by atoms with Crippen LogP contribution in [0.2, 0.25) is 0 Å². The molecule has 0 heterocycles. The summed E-state index contributed by atoms with van der Waals surface area (Å²) in [6, 6.07) is 53.5. The quantitative estimate of drug-likeness (QED) is 0.0217. The van der Waals surface area contributed by atoms with Crippen molar-refractivity contribution >= 4 is 18.1 Å². The van der Waals surface area contributed by atoms with Crippen molar-refractivity contribution in [3.05, 3.63) is 164 Å². The highest BCUT2D eigenvalue weighted by atomic mass is 32.2. The normalized spacial score (nSPS) is 11.0. The number of ether oxygens (including phenoxy) is 9. The molecule has 0 fully saturated rings. The maximum Gasteiger partial charge on any atom is 0.673 e. The van der Waals surface area contributed by atoms with Gasteiger partial charge in [-0.05, 0) is 72.8 Å². The lowest BCUT2D eigenvalue weighted by atomic mass is 10.3. The van der Waals surface area contributed by atoms with Gasteiger partial charge in [0.05, 0.1) is 39.6 Å². The van der Waals surface area contributed by atoms with Gasteiger partial charge in [0.25, 0.3) is 0 Å². The summed E-state index contributed by atoms with van der Waals surface area (Å²) < 4.78 is 93.2. The van der Waals surface area contributed by atoms with Crippen molar-refractivity contribution in [3.63, 3.8) is 0 Å². The lowest BCUT2D eigenvalue weighted by molar-refractivity contribution is 0.0754. The van der Waals surface area contributed by atoms with Gasteiger partial charge in [0.2, 0.25) is 14.7 Å². The zero-order valence-electron chi connectivity index (χ0n) is 34.7. The Hall–Kier alpha value is -5.87. The smallest absolute Gasteiger partial charge is 0.491 e. The summed E-state index contributed by atoms with van der Waals surface area (Å²) in [5, 5.41) is 0. The Morgan fingerprint density at radius 2 is 0.508 bits per heavy atom. The van der Waals surface area contributed by atoms with Gasteiger partial charge in [-0.3, -0.25) is 0 Å². The fourth-order valence-electron chi connectivity index (χ4n) is 5.71. The van der Waals surface area contributed by atoms with E-state index in [0.717, 1.165) is 49.2 Å². The first-order chi connectivity index (χ1) is 30.8. The molecule has 0 saturated carbocycles. The van der Waals surface area contributed by atoms with Gasteiger partial charge in [0.15, 0.2) is 17.2 Å². The third-order valence-corrected chi connectivity index (χ3v) is 10.7. The summed E-state index contributed by atoms with van der Waals surface area (Å²) in [5.74, 6) is 4.71. The Kier molecular flexibility index (Phi) is 21.4. The van der Waals surface area contributed by atoms with Crippen LogP contribution in [-0.4, -0.2) is 86.5 Å². The molecule has 0 aliphatic heterocycles. The van der Waals surface area contributed by atoms with E-state index in [1.54, 1.807) is 0 Å². The highest BCUT2D eigenvalue weighted by Gasteiger charge is 2.37. The molecule has 0 atom stereocenters. The van der Waals surface area contributed by atoms with Gasteiger partial charge in [0, 0.05) is 0 Å². The molecule has 0 aliphatic rings. The summed E-state index contributed by atoms with van der Waals surface area (Å²) in [5.41, 5.74) is 0. The van der Waals surface area contributed by atoms with Crippen molar-refractivity contribution in [1.29, 1.82) is 0 Å².